The second-order valence-electron chi connectivity index (χ2n) is 7.22. The van der Waals surface area contributed by atoms with Crippen LogP contribution >= 0.6 is 0 Å². The summed E-state index contributed by atoms with van der Waals surface area (Å²) in [5.41, 5.74) is 4.94. The molecule has 7 nitrogen and oxygen atoms in total. The minimum atomic E-state index is -3.54. The van der Waals surface area contributed by atoms with E-state index in [1.54, 1.807) is 24.4 Å². The molecular weight excluding hydrogens is 386 g/mol. The number of sulfonamides is 1. The molecule has 154 valence electrons. The van der Waals surface area contributed by atoms with Crippen LogP contribution in [0, 0.1) is 6.92 Å². The van der Waals surface area contributed by atoms with Gasteiger partial charge in [0.15, 0.2) is 0 Å². The van der Waals surface area contributed by atoms with Gasteiger partial charge in [0, 0.05) is 36.4 Å². The van der Waals surface area contributed by atoms with Gasteiger partial charge in [-0.3, -0.25) is 5.10 Å². The van der Waals surface area contributed by atoms with Gasteiger partial charge in [-0.1, -0.05) is 29.8 Å². The van der Waals surface area contributed by atoms with Crippen molar-refractivity contribution in [1.29, 1.82) is 0 Å². The Morgan fingerprint density at radius 2 is 1.90 bits per heavy atom. The van der Waals surface area contributed by atoms with Crippen LogP contribution in [0.2, 0.25) is 0 Å². The van der Waals surface area contributed by atoms with Gasteiger partial charge in [-0.25, -0.2) is 13.1 Å². The third-order valence-electron chi connectivity index (χ3n) is 4.50. The Balaban J connectivity index is 1.70. The number of anilines is 1. The van der Waals surface area contributed by atoms with Gasteiger partial charge in [-0.2, -0.15) is 5.10 Å². The predicted octanol–water partition coefficient (Wildman–Crippen LogP) is 2.84. The molecule has 0 atom stereocenters. The molecule has 3 aromatic rings. The fourth-order valence-corrected chi connectivity index (χ4v) is 4.02. The summed E-state index contributed by atoms with van der Waals surface area (Å²) in [5.74, 6) is 0. The minimum Gasteiger partial charge on any atom is -0.381 e. The molecular formula is C21H27N5O2S. The summed E-state index contributed by atoms with van der Waals surface area (Å²) in [6.45, 7) is 3.58. The molecule has 1 heterocycles. The van der Waals surface area contributed by atoms with Crippen molar-refractivity contribution in [2.24, 2.45) is 0 Å². The molecule has 0 unspecified atom stereocenters. The van der Waals surface area contributed by atoms with Gasteiger partial charge in [-0.15, -0.1) is 0 Å². The third kappa shape index (κ3) is 5.66. The molecule has 29 heavy (non-hydrogen) atoms. The first kappa shape index (κ1) is 21.0. The van der Waals surface area contributed by atoms with E-state index in [0.717, 1.165) is 22.5 Å². The Kier molecular flexibility index (Phi) is 6.68. The standard InChI is InChI=1S/C21H27N5O2S/c1-16-6-4-7-17(12-16)21-18(15-23-25-21)14-22-19-8-5-9-20(13-19)29(27,28)24-10-11-26(2)3/h4-9,12-13,15,22,24H,10-11,14H2,1-3H3,(H,23,25). The molecule has 8 heteroatoms. The largest absolute Gasteiger partial charge is 0.381 e. The second kappa shape index (κ2) is 9.21. The van der Waals surface area contributed by atoms with Gasteiger partial charge in [0.05, 0.1) is 16.8 Å². The van der Waals surface area contributed by atoms with Crippen molar-refractivity contribution < 1.29 is 8.42 Å². The third-order valence-corrected chi connectivity index (χ3v) is 5.96. The normalized spacial score (nSPS) is 11.7. The van der Waals surface area contributed by atoms with Crippen LogP contribution in [0.3, 0.4) is 0 Å². The van der Waals surface area contributed by atoms with Gasteiger partial charge < -0.3 is 10.2 Å². The van der Waals surface area contributed by atoms with Crippen molar-refractivity contribution >= 4 is 15.7 Å². The molecule has 0 amide bonds. The maximum Gasteiger partial charge on any atom is 0.240 e. The first-order valence-corrected chi connectivity index (χ1v) is 10.9. The van der Waals surface area contributed by atoms with Crippen molar-refractivity contribution in [3.05, 3.63) is 65.9 Å². The van der Waals surface area contributed by atoms with Gasteiger partial charge >= 0.3 is 0 Å². The minimum absolute atomic E-state index is 0.243. The zero-order valence-corrected chi connectivity index (χ0v) is 17.8. The Morgan fingerprint density at radius 3 is 2.66 bits per heavy atom. The number of benzene rings is 2. The van der Waals surface area contributed by atoms with Crippen LogP contribution in [0.15, 0.2) is 59.6 Å². The predicted molar refractivity (Wildman–Crippen MR) is 116 cm³/mol. The number of aromatic nitrogens is 2. The molecule has 0 saturated heterocycles. The number of rotatable bonds is 9. The highest BCUT2D eigenvalue weighted by Gasteiger charge is 2.14. The highest BCUT2D eigenvalue weighted by Crippen LogP contribution is 2.23. The average Bonchev–Trinajstić information content (AvgIpc) is 3.15. The van der Waals surface area contributed by atoms with E-state index in [2.05, 4.69) is 39.3 Å². The van der Waals surface area contributed by atoms with Crippen LogP contribution in [0.4, 0.5) is 5.69 Å². The van der Waals surface area contributed by atoms with Crippen LogP contribution in [0.1, 0.15) is 11.1 Å². The van der Waals surface area contributed by atoms with E-state index in [1.807, 2.05) is 37.2 Å². The zero-order chi connectivity index (χ0) is 20.9. The Morgan fingerprint density at radius 1 is 1.10 bits per heavy atom. The summed E-state index contributed by atoms with van der Waals surface area (Å²) in [5, 5.41) is 10.5. The molecule has 0 spiro atoms. The van der Waals surface area contributed by atoms with Gasteiger partial charge in [0.1, 0.15) is 0 Å². The Bertz CT molecular complexity index is 1060. The Labute approximate surface area is 172 Å². The number of nitrogens with one attached hydrogen (secondary N) is 3. The molecule has 0 aliphatic heterocycles. The SMILES string of the molecule is Cc1cccc(-c2[nH]ncc2CNc2cccc(S(=O)(=O)NCCN(C)C)c2)c1. The number of aryl methyl sites for hydroxylation is 1. The highest BCUT2D eigenvalue weighted by molar-refractivity contribution is 7.89. The molecule has 0 radical (unpaired) electrons. The lowest BCUT2D eigenvalue weighted by molar-refractivity contribution is 0.412. The topological polar surface area (TPSA) is 90.1 Å². The smallest absolute Gasteiger partial charge is 0.240 e. The molecule has 0 aliphatic carbocycles. The fourth-order valence-electron chi connectivity index (χ4n) is 2.95. The summed E-state index contributed by atoms with van der Waals surface area (Å²) in [7, 11) is 0.263. The first-order chi connectivity index (χ1) is 13.8. The van der Waals surface area contributed by atoms with Gasteiger partial charge in [0.2, 0.25) is 10.0 Å². The number of aromatic amines is 1. The maximum atomic E-state index is 12.5. The van der Waals surface area contributed by atoms with E-state index in [-0.39, 0.29) is 4.90 Å². The number of hydrogen-bond acceptors (Lipinski definition) is 5. The van der Waals surface area contributed by atoms with Crippen LogP contribution < -0.4 is 10.0 Å². The van der Waals surface area contributed by atoms with Gasteiger partial charge in [0.25, 0.3) is 0 Å². The van der Waals surface area contributed by atoms with Crippen molar-refractivity contribution in [2.45, 2.75) is 18.4 Å². The lowest BCUT2D eigenvalue weighted by Crippen LogP contribution is -2.31. The first-order valence-electron chi connectivity index (χ1n) is 9.43. The van der Waals surface area contributed by atoms with Crippen molar-refractivity contribution in [3.8, 4) is 11.3 Å². The average molecular weight is 414 g/mol. The number of hydrogen-bond donors (Lipinski definition) is 3. The van der Waals surface area contributed by atoms with Crippen LogP contribution in [0.25, 0.3) is 11.3 Å². The molecule has 0 bridgehead atoms. The number of H-pyrrole nitrogens is 1. The van der Waals surface area contributed by atoms with Crippen molar-refractivity contribution in [1.82, 2.24) is 19.8 Å². The van der Waals surface area contributed by atoms with E-state index in [1.165, 1.54) is 5.56 Å². The summed E-state index contributed by atoms with van der Waals surface area (Å²) in [6.07, 6.45) is 1.79. The molecule has 0 saturated carbocycles. The molecule has 3 N–H and O–H groups in total. The number of likely N-dealkylation sites (N-methyl/N-ethyl adjacent to an activating group) is 1. The quantitative estimate of drug-likeness (QED) is 0.502. The monoisotopic (exact) mass is 413 g/mol. The summed E-state index contributed by atoms with van der Waals surface area (Å²) >= 11 is 0. The maximum absolute atomic E-state index is 12.5. The van der Waals surface area contributed by atoms with Crippen LogP contribution in [-0.4, -0.2) is 50.7 Å². The second-order valence-corrected chi connectivity index (χ2v) is 8.99. The summed E-state index contributed by atoms with van der Waals surface area (Å²) in [4.78, 5) is 2.17. The van der Waals surface area contributed by atoms with Crippen LogP contribution in [-0.2, 0) is 16.6 Å². The van der Waals surface area contributed by atoms with E-state index >= 15 is 0 Å². The highest BCUT2D eigenvalue weighted by atomic mass is 32.2. The van der Waals surface area contributed by atoms with Gasteiger partial charge in [-0.05, 0) is 45.3 Å². The molecule has 1 aromatic heterocycles. The molecule has 3 rings (SSSR count). The van der Waals surface area contributed by atoms with E-state index in [9.17, 15) is 8.42 Å². The molecule has 0 aliphatic rings. The number of nitrogens with zero attached hydrogens (tertiary/aromatic N) is 2. The lowest BCUT2D eigenvalue weighted by Gasteiger charge is -2.12. The van der Waals surface area contributed by atoms with E-state index < -0.39 is 10.0 Å². The van der Waals surface area contributed by atoms with Crippen molar-refractivity contribution in [3.63, 3.8) is 0 Å². The fraction of sp³-hybridized carbons (Fsp3) is 0.286. The van der Waals surface area contributed by atoms with Crippen LogP contribution in [0.5, 0.6) is 0 Å². The van der Waals surface area contributed by atoms with Crippen molar-refractivity contribution in [2.75, 3.05) is 32.5 Å². The Hall–Kier alpha value is -2.68. The molecule has 0 fully saturated rings. The summed E-state index contributed by atoms with van der Waals surface area (Å²) in [6, 6.07) is 15.0. The summed E-state index contributed by atoms with van der Waals surface area (Å²) < 4.78 is 27.6. The van der Waals surface area contributed by atoms with E-state index in [0.29, 0.717) is 19.6 Å². The zero-order valence-electron chi connectivity index (χ0n) is 16.9. The molecule has 2 aromatic carbocycles. The van der Waals surface area contributed by atoms with E-state index in [4.69, 9.17) is 0 Å². The lowest BCUT2D eigenvalue weighted by atomic mass is 10.1.